The van der Waals surface area contributed by atoms with Crippen LogP contribution >= 0.6 is 0 Å². The fourth-order valence-corrected chi connectivity index (χ4v) is 3.21. The van der Waals surface area contributed by atoms with Gasteiger partial charge in [0.2, 0.25) is 0 Å². The van der Waals surface area contributed by atoms with E-state index in [1.54, 1.807) is 0 Å². The topological polar surface area (TPSA) is 18.5 Å². The summed E-state index contributed by atoms with van der Waals surface area (Å²) in [5.74, 6) is 0. The minimum Gasteiger partial charge on any atom is -0.368 e. The lowest BCUT2D eigenvalue weighted by Gasteiger charge is -2.37. The van der Waals surface area contributed by atoms with Crippen LogP contribution < -0.4 is 15.1 Å². The van der Waals surface area contributed by atoms with E-state index in [-0.39, 0.29) is 0 Å². The summed E-state index contributed by atoms with van der Waals surface area (Å²) in [5, 5.41) is 3.19. The third kappa shape index (κ3) is 6.76. The van der Waals surface area contributed by atoms with E-state index in [0.29, 0.717) is 0 Å². The molecule has 1 fully saturated rings. The summed E-state index contributed by atoms with van der Waals surface area (Å²) < 4.78 is 0. The molecule has 0 atom stereocenters. The second kappa shape index (κ2) is 11.5. The van der Waals surface area contributed by atoms with Gasteiger partial charge in [-0.15, -0.1) is 6.58 Å². The van der Waals surface area contributed by atoms with E-state index in [0.717, 1.165) is 39.1 Å². The van der Waals surface area contributed by atoms with Crippen molar-refractivity contribution < 1.29 is 0 Å². The minimum atomic E-state index is 0.932. The molecule has 0 radical (unpaired) electrons. The summed E-state index contributed by atoms with van der Waals surface area (Å²) in [6.07, 6.45) is 4.31. The number of nitrogens with zero attached hydrogens (tertiary/aromatic N) is 2. The molecule has 3 nitrogen and oxygen atoms in total. The zero-order valence-corrected chi connectivity index (χ0v) is 17.2. The molecule has 0 unspecified atom stereocenters. The van der Waals surface area contributed by atoms with Gasteiger partial charge in [-0.05, 0) is 50.2 Å². The van der Waals surface area contributed by atoms with Crippen molar-refractivity contribution in [3.05, 3.63) is 72.3 Å². The summed E-state index contributed by atoms with van der Waals surface area (Å²) >= 11 is 0. The maximum Gasteiger partial charge on any atom is 0.0367 e. The van der Waals surface area contributed by atoms with Gasteiger partial charge >= 0.3 is 0 Å². The van der Waals surface area contributed by atoms with E-state index in [1.807, 2.05) is 13.1 Å². The largest absolute Gasteiger partial charge is 0.368 e. The minimum absolute atomic E-state index is 0.932. The second-order valence-electron chi connectivity index (χ2n) is 7.08. The molecule has 1 aliphatic heterocycles. The highest BCUT2D eigenvalue weighted by Gasteiger charge is 2.17. The standard InChI is InChI=1S/C19H25N3.C5H10/c1-16-3-7-18(8-4-16)21-11-13-22(14-12-21)19-9-5-17(6-10-19)15-20-2;1-3-5-4-2/h3-10,20H,11-15H2,1-2H3;3H,1,4-5H2,2H3. The maximum absolute atomic E-state index is 3.55. The van der Waals surface area contributed by atoms with E-state index in [9.17, 15) is 0 Å². The van der Waals surface area contributed by atoms with Gasteiger partial charge in [0.1, 0.15) is 0 Å². The van der Waals surface area contributed by atoms with Crippen molar-refractivity contribution in [2.24, 2.45) is 0 Å². The van der Waals surface area contributed by atoms with E-state index in [4.69, 9.17) is 0 Å². The molecule has 1 N–H and O–H groups in total. The first-order valence-electron chi connectivity index (χ1n) is 10.1. The average Bonchev–Trinajstić information content (AvgIpc) is 2.71. The number of rotatable bonds is 6. The highest BCUT2D eigenvalue weighted by atomic mass is 15.3. The van der Waals surface area contributed by atoms with Crippen LogP contribution in [0.15, 0.2) is 61.2 Å². The zero-order chi connectivity index (χ0) is 19.5. The van der Waals surface area contributed by atoms with Crippen molar-refractivity contribution in [2.45, 2.75) is 33.2 Å². The Labute approximate surface area is 165 Å². The number of allylic oxidation sites excluding steroid dienone is 1. The molecule has 27 heavy (non-hydrogen) atoms. The molecule has 3 rings (SSSR count). The van der Waals surface area contributed by atoms with Crippen LogP contribution in [0.25, 0.3) is 0 Å². The Morgan fingerprint density at radius 2 is 1.37 bits per heavy atom. The number of piperazine rings is 1. The normalized spacial score (nSPS) is 13.7. The van der Waals surface area contributed by atoms with Crippen LogP contribution in [-0.2, 0) is 6.54 Å². The maximum atomic E-state index is 3.55. The van der Waals surface area contributed by atoms with Crippen molar-refractivity contribution in [1.82, 2.24) is 5.32 Å². The predicted octanol–water partition coefficient (Wildman–Crippen LogP) is 5.01. The number of nitrogens with one attached hydrogen (secondary N) is 1. The first-order valence-corrected chi connectivity index (χ1v) is 10.1. The van der Waals surface area contributed by atoms with Gasteiger partial charge in [0.25, 0.3) is 0 Å². The van der Waals surface area contributed by atoms with Gasteiger partial charge in [-0.3, -0.25) is 0 Å². The zero-order valence-electron chi connectivity index (χ0n) is 17.2. The van der Waals surface area contributed by atoms with E-state index in [2.05, 4.69) is 84.1 Å². The van der Waals surface area contributed by atoms with Crippen LogP contribution in [0.4, 0.5) is 11.4 Å². The average molecular weight is 366 g/mol. The van der Waals surface area contributed by atoms with Crippen molar-refractivity contribution in [3.8, 4) is 0 Å². The summed E-state index contributed by atoms with van der Waals surface area (Å²) in [5.41, 5.74) is 5.34. The molecule has 3 heteroatoms. The molecule has 1 heterocycles. The van der Waals surface area contributed by atoms with Crippen LogP contribution in [-0.4, -0.2) is 33.2 Å². The summed E-state index contributed by atoms with van der Waals surface area (Å²) in [7, 11) is 1.98. The molecule has 0 aliphatic carbocycles. The molecular formula is C24H35N3. The SMILES string of the molecule is C=CCCC.CNCc1ccc(N2CCN(c3ccc(C)cc3)CC2)cc1. The van der Waals surface area contributed by atoms with Crippen molar-refractivity contribution in [3.63, 3.8) is 0 Å². The number of hydrogen-bond acceptors (Lipinski definition) is 3. The van der Waals surface area contributed by atoms with Gasteiger partial charge in [0, 0.05) is 44.1 Å². The number of anilines is 2. The first kappa shape index (κ1) is 21.0. The predicted molar refractivity (Wildman–Crippen MR) is 120 cm³/mol. The summed E-state index contributed by atoms with van der Waals surface area (Å²) in [6.45, 7) is 13.1. The van der Waals surface area contributed by atoms with Crippen LogP contribution in [0.1, 0.15) is 30.9 Å². The molecule has 2 aromatic carbocycles. The highest BCUT2D eigenvalue weighted by Crippen LogP contribution is 2.21. The molecular weight excluding hydrogens is 330 g/mol. The first-order chi connectivity index (χ1) is 13.2. The van der Waals surface area contributed by atoms with Gasteiger partial charge < -0.3 is 15.1 Å². The monoisotopic (exact) mass is 365 g/mol. The Hall–Kier alpha value is -2.26. The highest BCUT2D eigenvalue weighted by molar-refractivity contribution is 5.52. The molecule has 0 amide bonds. The Balaban J connectivity index is 0.000000465. The van der Waals surface area contributed by atoms with Gasteiger partial charge in [0.15, 0.2) is 0 Å². The number of aryl methyl sites for hydroxylation is 1. The lowest BCUT2D eigenvalue weighted by Crippen LogP contribution is -2.46. The van der Waals surface area contributed by atoms with Gasteiger partial charge in [-0.25, -0.2) is 0 Å². The van der Waals surface area contributed by atoms with Crippen LogP contribution in [0.3, 0.4) is 0 Å². The van der Waals surface area contributed by atoms with Gasteiger partial charge in [0.05, 0.1) is 0 Å². The Morgan fingerprint density at radius 3 is 1.74 bits per heavy atom. The molecule has 146 valence electrons. The van der Waals surface area contributed by atoms with Crippen molar-refractivity contribution in [2.75, 3.05) is 43.0 Å². The van der Waals surface area contributed by atoms with E-state index in [1.165, 1.54) is 28.9 Å². The molecule has 0 spiro atoms. The van der Waals surface area contributed by atoms with Gasteiger partial charge in [-0.2, -0.15) is 0 Å². The molecule has 1 saturated heterocycles. The lowest BCUT2D eigenvalue weighted by atomic mass is 10.1. The van der Waals surface area contributed by atoms with Gasteiger partial charge in [-0.1, -0.05) is 49.2 Å². The fraction of sp³-hybridized carbons (Fsp3) is 0.417. The molecule has 2 aromatic rings. The number of unbranched alkanes of at least 4 members (excludes halogenated alkanes) is 1. The van der Waals surface area contributed by atoms with Crippen molar-refractivity contribution >= 4 is 11.4 Å². The Kier molecular flexibility index (Phi) is 8.93. The summed E-state index contributed by atoms with van der Waals surface area (Å²) in [6, 6.07) is 17.8. The molecule has 0 bridgehead atoms. The van der Waals surface area contributed by atoms with E-state index >= 15 is 0 Å². The van der Waals surface area contributed by atoms with Crippen molar-refractivity contribution in [1.29, 1.82) is 0 Å². The number of hydrogen-bond donors (Lipinski definition) is 1. The van der Waals surface area contributed by atoms with Crippen LogP contribution in [0.2, 0.25) is 0 Å². The fourth-order valence-electron chi connectivity index (χ4n) is 3.21. The number of benzene rings is 2. The Bertz CT molecular complexity index is 653. The third-order valence-electron chi connectivity index (χ3n) is 4.85. The Morgan fingerprint density at radius 1 is 0.889 bits per heavy atom. The van der Waals surface area contributed by atoms with Crippen LogP contribution in [0, 0.1) is 6.92 Å². The molecule has 0 saturated carbocycles. The smallest absolute Gasteiger partial charge is 0.0367 e. The van der Waals surface area contributed by atoms with E-state index < -0.39 is 0 Å². The third-order valence-corrected chi connectivity index (χ3v) is 4.85. The lowest BCUT2D eigenvalue weighted by molar-refractivity contribution is 0.653. The summed E-state index contributed by atoms with van der Waals surface area (Å²) in [4.78, 5) is 4.96. The second-order valence-corrected chi connectivity index (χ2v) is 7.08. The van der Waals surface area contributed by atoms with Crippen LogP contribution in [0.5, 0.6) is 0 Å². The molecule has 1 aliphatic rings. The molecule has 0 aromatic heterocycles. The quantitative estimate of drug-likeness (QED) is 0.726.